The Morgan fingerprint density at radius 1 is 1.41 bits per heavy atom. The lowest BCUT2D eigenvalue weighted by molar-refractivity contribution is 0.0946. The van der Waals surface area contributed by atoms with Gasteiger partial charge in [0.15, 0.2) is 0 Å². The zero-order chi connectivity index (χ0) is 19.4. The van der Waals surface area contributed by atoms with Gasteiger partial charge in [-0.2, -0.15) is 0 Å². The van der Waals surface area contributed by atoms with Crippen LogP contribution in [-0.2, 0) is 13.0 Å². The third-order valence-corrected chi connectivity index (χ3v) is 4.70. The van der Waals surface area contributed by atoms with Gasteiger partial charge in [-0.3, -0.25) is 14.6 Å². The van der Waals surface area contributed by atoms with Gasteiger partial charge in [0.05, 0.1) is 12.0 Å². The van der Waals surface area contributed by atoms with Gasteiger partial charge in [-0.15, -0.1) is 0 Å². The SMILES string of the molecule is COc1ncccc1C(=O)NCc1cc(Cc2sc(=O)[nH]c2O)ccc1F. The maximum Gasteiger partial charge on any atom is 0.307 e. The molecule has 7 nitrogen and oxygen atoms in total. The van der Waals surface area contributed by atoms with Crippen LogP contribution in [0.1, 0.15) is 26.4 Å². The fourth-order valence-electron chi connectivity index (χ4n) is 2.53. The number of rotatable bonds is 6. The van der Waals surface area contributed by atoms with Crippen LogP contribution in [0.2, 0.25) is 0 Å². The van der Waals surface area contributed by atoms with Crippen LogP contribution in [0.3, 0.4) is 0 Å². The number of H-pyrrole nitrogens is 1. The zero-order valence-corrected chi connectivity index (χ0v) is 15.1. The molecule has 1 amide bonds. The summed E-state index contributed by atoms with van der Waals surface area (Å²) < 4.78 is 19.1. The molecule has 140 valence electrons. The van der Waals surface area contributed by atoms with Crippen molar-refractivity contribution in [2.75, 3.05) is 7.11 Å². The van der Waals surface area contributed by atoms with Crippen LogP contribution in [-0.4, -0.2) is 28.1 Å². The third-order valence-electron chi connectivity index (χ3n) is 3.82. The van der Waals surface area contributed by atoms with E-state index in [2.05, 4.69) is 15.3 Å². The highest BCUT2D eigenvalue weighted by Crippen LogP contribution is 2.22. The molecule has 0 aliphatic rings. The average molecular weight is 389 g/mol. The maximum absolute atomic E-state index is 14.1. The van der Waals surface area contributed by atoms with Crippen molar-refractivity contribution in [2.45, 2.75) is 13.0 Å². The number of nitrogens with zero attached hydrogens (tertiary/aromatic N) is 1. The van der Waals surface area contributed by atoms with E-state index in [1.165, 1.54) is 19.4 Å². The normalized spacial score (nSPS) is 10.6. The van der Waals surface area contributed by atoms with Crippen LogP contribution in [0.25, 0.3) is 0 Å². The number of carbonyl (C=O) groups is 1. The molecule has 9 heteroatoms. The minimum Gasteiger partial charge on any atom is -0.494 e. The van der Waals surface area contributed by atoms with Crippen molar-refractivity contribution in [3.63, 3.8) is 0 Å². The summed E-state index contributed by atoms with van der Waals surface area (Å²) in [5, 5.41) is 12.3. The summed E-state index contributed by atoms with van der Waals surface area (Å²) in [6, 6.07) is 7.60. The molecule has 0 fully saturated rings. The molecule has 0 radical (unpaired) electrons. The molecule has 0 unspecified atom stereocenters. The van der Waals surface area contributed by atoms with Gasteiger partial charge in [-0.1, -0.05) is 23.5 Å². The quantitative estimate of drug-likeness (QED) is 0.600. The number of aromatic nitrogens is 2. The van der Waals surface area contributed by atoms with Crippen molar-refractivity contribution < 1.29 is 19.0 Å². The van der Waals surface area contributed by atoms with Crippen molar-refractivity contribution in [3.05, 3.63) is 73.6 Å². The summed E-state index contributed by atoms with van der Waals surface area (Å²) in [6.45, 7) is -0.0358. The first-order chi connectivity index (χ1) is 13.0. The summed E-state index contributed by atoms with van der Waals surface area (Å²) >= 11 is 0.893. The van der Waals surface area contributed by atoms with Crippen LogP contribution < -0.4 is 14.9 Å². The maximum atomic E-state index is 14.1. The fraction of sp³-hybridized carbons (Fsp3) is 0.167. The van der Waals surface area contributed by atoms with Crippen molar-refractivity contribution >= 4 is 17.2 Å². The third kappa shape index (κ3) is 4.32. The molecular weight excluding hydrogens is 373 g/mol. The average Bonchev–Trinajstić information content (AvgIpc) is 2.98. The number of nitrogens with one attached hydrogen (secondary N) is 2. The number of pyridine rings is 1. The van der Waals surface area contributed by atoms with Crippen LogP contribution in [0.5, 0.6) is 11.8 Å². The molecule has 3 rings (SSSR count). The van der Waals surface area contributed by atoms with Gasteiger partial charge < -0.3 is 15.2 Å². The Morgan fingerprint density at radius 2 is 2.22 bits per heavy atom. The molecule has 1 aromatic carbocycles. The van der Waals surface area contributed by atoms with Gasteiger partial charge in [0.2, 0.25) is 11.8 Å². The lowest BCUT2D eigenvalue weighted by atomic mass is 10.1. The number of thiazole rings is 1. The van der Waals surface area contributed by atoms with Crippen molar-refractivity contribution in [1.29, 1.82) is 0 Å². The van der Waals surface area contributed by atoms with E-state index in [1.807, 2.05) is 0 Å². The Balaban J connectivity index is 1.74. The van der Waals surface area contributed by atoms with E-state index >= 15 is 0 Å². The smallest absolute Gasteiger partial charge is 0.307 e. The summed E-state index contributed by atoms with van der Waals surface area (Å²) in [5.74, 6) is -0.912. The number of benzene rings is 1. The van der Waals surface area contributed by atoms with Gasteiger partial charge in [-0.05, 0) is 23.8 Å². The first kappa shape index (κ1) is 18.6. The van der Waals surface area contributed by atoms with Gasteiger partial charge in [0.25, 0.3) is 5.91 Å². The van der Waals surface area contributed by atoms with E-state index in [0.717, 1.165) is 11.3 Å². The second-order valence-corrected chi connectivity index (χ2v) is 6.70. The van der Waals surface area contributed by atoms with Crippen LogP contribution in [0.4, 0.5) is 4.39 Å². The van der Waals surface area contributed by atoms with E-state index in [1.54, 1.807) is 24.3 Å². The molecule has 0 saturated heterocycles. The standard InChI is InChI=1S/C18H16FN3O4S/c1-26-17-12(3-2-6-20-17)15(23)21-9-11-7-10(4-5-13(11)19)8-14-16(24)22-18(25)27-14/h2-7,24H,8-9H2,1H3,(H,21,23)(H,22,25). The summed E-state index contributed by atoms with van der Waals surface area (Å²) in [7, 11) is 1.41. The van der Waals surface area contributed by atoms with Crippen LogP contribution in [0.15, 0.2) is 41.3 Å². The van der Waals surface area contributed by atoms with Gasteiger partial charge in [0.1, 0.15) is 11.4 Å². The largest absolute Gasteiger partial charge is 0.494 e. The second kappa shape index (κ2) is 8.00. The highest BCUT2D eigenvalue weighted by atomic mass is 32.1. The van der Waals surface area contributed by atoms with Crippen molar-refractivity contribution in [2.24, 2.45) is 0 Å². The highest BCUT2D eigenvalue weighted by molar-refractivity contribution is 7.09. The van der Waals surface area contributed by atoms with E-state index in [4.69, 9.17) is 4.74 Å². The topological polar surface area (TPSA) is 104 Å². The summed E-state index contributed by atoms with van der Waals surface area (Å²) in [4.78, 5) is 29.9. The molecule has 27 heavy (non-hydrogen) atoms. The number of hydrogen-bond acceptors (Lipinski definition) is 6. The summed E-state index contributed by atoms with van der Waals surface area (Å²) in [5.41, 5.74) is 1.23. The van der Waals surface area contributed by atoms with Crippen molar-refractivity contribution in [1.82, 2.24) is 15.3 Å². The Morgan fingerprint density at radius 3 is 2.93 bits per heavy atom. The molecule has 0 aliphatic heterocycles. The lowest BCUT2D eigenvalue weighted by Crippen LogP contribution is -2.24. The highest BCUT2D eigenvalue weighted by Gasteiger charge is 2.14. The number of aromatic amines is 1. The molecule has 2 aromatic heterocycles. The predicted molar refractivity (Wildman–Crippen MR) is 97.8 cm³/mol. The van der Waals surface area contributed by atoms with Gasteiger partial charge in [0, 0.05) is 24.7 Å². The minimum absolute atomic E-state index is 0.0358. The first-order valence-electron chi connectivity index (χ1n) is 7.93. The molecular formula is C18H16FN3O4S. The van der Waals surface area contributed by atoms with E-state index < -0.39 is 11.7 Å². The predicted octanol–water partition coefficient (Wildman–Crippen LogP) is 2.21. The van der Waals surface area contributed by atoms with Crippen LogP contribution >= 0.6 is 11.3 Å². The molecule has 0 aliphatic carbocycles. The Labute approximate surface area is 157 Å². The number of amides is 1. The van der Waals surface area contributed by atoms with Gasteiger partial charge in [-0.25, -0.2) is 9.37 Å². The van der Waals surface area contributed by atoms with Crippen LogP contribution in [0, 0.1) is 5.82 Å². The number of carbonyl (C=O) groups excluding carboxylic acids is 1. The summed E-state index contributed by atoms with van der Waals surface area (Å²) in [6.07, 6.45) is 1.77. The minimum atomic E-state index is -0.469. The number of aromatic hydroxyl groups is 1. The molecule has 0 spiro atoms. The molecule has 2 heterocycles. The van der Waals surface area contributed by atoms with E-state index in [-0.39, 0.29) is 40.7 Å². The number of halogens is 1. The van der Waals surface area contributed by atoms with E-state index in [0.29, 0.717) is 10.4 Å². The zero-order valence-electron chi connectivity index (χ0n) is 14.3. The Bertz CT molecular complexity index is 1030. The Hall–Kier alpha value is -3.20. The van der Waals surface area contributed by atoms with Crippen molar-refractivity contribution in [3.8, 4) is 11.8 Å². The number of hydrogen-bond donors (Lipinski definition) is 3. The monoisotopic (exact) mass is 389 g/mol. The molecule has 3 N–H and O–H groups in total. The lowest BCUT2D eigenvalue weighted by Gasteiger charge is -2.10. The molecule has 3 aromatic rings. The van der Waals surface area contributed by atoms with E-state index in [9.17, 15) is 19.1 Å². The molecule has 0 atom stereocenters. The molecule has 0 saturated carbocycles. The number of ether oxygens (including phenoxy) is 1. The Kier molecular flexibility index (Phi) is 5.51. The second-order valence-electron chi connectivity index (χ2n) is 5.63. The number of methoxy groups -OCH3 is 1. The fourth-order valence-corrected chi connectivity index (χ4v) is 3.29. The molecule has 0 bridgehead atoms. The first-order valence-corrected chi connectivity index (χ1v) is 8.75. The van der Waals surface area contributed by atoms with Gasteiger partial charge >= 0.3 is 4.87 Å².